The smallest absolute Gasteiger partial charge is 0.123 e. The van der Waals surface area contributed by atoms with Gasteiger partial charge in [0.15, 0.2) is 0 Å². The van der Waals surface area contributed by atoms with Gasteiger partial charge in [0, 0.05) is 0 Å². The molecule has 0 aliphatic carbocycles. The Bertz CT molecular complexity index is 507. The van der Waals surface area contributed by atoms with Crippen molar-refractivity contribution in [1.82, 2.24) is 0 Å². The highest BCUT2D eigenvalue weighted by atomic mass is 19.1. The van der Waals surface area contributed by atoms with Crippen LogP contribution in [-0.2, 0) is 5.41 Å². The Morgan fingerprint density at radius 3 is 2.12 bits per heavy atom. The summed E-state index contributed by atoms with van der Waals surface area (Å²) in [6.45, 7) is 6.32. The maximum absolute atomic E-state index is 13.4. The van der Waals surface area contributed by atoms with Gasteiger partial charge >= 0.3 is 0 Å². The monoisotopic (exact) mass is 228 g/mol. The molecule has 0 N–H and O–H groups in total. The molecule has 17 heavy (non-hydrogen) atoms. The van der Waals surface area contributed by atoms with Crippen molar-refractivity contribution in [3.63, 3.8) is 0 Å². The van der Waals surface area contributed by atoms with Crippen molar-refractivity contribution in [1.29, 1.82) is 0 Å². The summed E-state index contributed by atoms with van der Waals surface area (Å²) in [5.41, 5.74) is 3.23. The molecule has 0 fully saturated rings. The lowest BCUT2D eigenvalue weighted by Crippen LogP contribution is -2.13. The summed E-state index contributed by atoms with van der Waals surface area (Å²) in [5, 5.41) is 0. The highest BCUT2D eigenvalue weighted by molar-refractivity contribution is 5.68. The molecule has 2 aromatic carbocycles. The number of halogens is 1. The third-order valence-corrected chi connectivity index (χ3v) is 2.87. The quantitative estimate of drug-likeness (QED) is 0.658. The van der Waals surface area contributed by atoms with Gasteiger partial charge in [-0.3, -0.25) is 0 Å². The zero-order chi connectivity index (χ0) is 12.5. The molecular formula is C16H17F. The van der Waals surface area contributed by atoms with Gasteiger partial charge in [-0.05, 0) is 34.2 Å². The van der Waals surface area contributed by atoms with E-state index in [9.17, 15) is 4.39 Å². The third kappa shape index (κ3) is 2.55. The number of hydrogen-bond acceptors (Lipinski definition) is 0. The highest BCUT2D eigenvalue weighted by Crippen LogP contribution is 2.33. The SMILES string of the molecule is CC(C)(C)c1cc(F)ccc1-c1ccccc1. The van der Waals surface area contributed by atoms with E-state index < -0.39 is 0 Å². The van der Waals surface area contributed by atoms with Crippen molar-refractivity contribution >= 4 is 0 Å². The molecule has 0 unspecified atom stereocenters. The van der Waals surface area contributed by atoms with E-state index in [4.69, 9.17) is 0 Å². The van der Waals surface area contributed by atoms with Crippen LogP contribution in [-0.4, -0.2) is 0 Å². The first-order chi connectivity index (χ1) is 7.98. The van der Waals surface area contributed by atoms with Gasteiger partial charge in [0.25, 0.3) is 0 Å². The van der Waals surface area contributed by atoms with Crippen molar-refractivity contribution < 1.29 is 4.39 Å². The lowest BCUT2D eigenvalue weighted by molar-refractivity contribution is 0.574. The normalized spacial score (nSPS) is 11.5. The van der Waals surface area contributed by atoms with Gasteiger partial charge in [-0.15, -0.1) is 0 Å². The molecule has 0 nitrogen and oxygen atoms in total. The Labute approximate surface area is 102 Å². The Morgan fingerprint density at radius 2 is 1.53 bits per heavy atom. The molecule has 2 aromatic rings. The summed E-state index contributed by atoms with van der Waals surface area (Å²) in [4.78, 5) is 0. The molecule has 0 bridgehead atoms. The Hall–Kier alpha value is -1.63. The summed E-state index contributed by atoms with van der Waals surface area (Å²) in [7, 11) is 0. The molecule has 88 valence electrons. The summed E-state index contributed by atoms with van der Waals surface area (Å²) >= 11 is 0. The summed E-state index contributed by atoms with van der Waals surface area (Å²) in [6, 6.07) is 15.1. The molecule has 0 atom stereocenters. The molecule has 2 rings (SSSR count). The molecule has 0 aliphatic heterocycles. The van der Waals surface area contributed by atoms with E-state index in [0.717, 1.165) is 16.7 Å². The maximum Gasteiger partial charge on any atom is 0.123 e. The van der Waals surface area contributed by atoms with Gasteiger partial charge in [-0.1, -0.05) is 57.2 Å². The van der Waals surface area contributed by atoms with Crippen LogP contribution in [0, 0.1) is 5.82 Å². The third-order valence-electron chi connectivity index (χ3n) is 2.87. The minimum atomic E-state index is -0.172. The maximum atomic E-state index is 13.4. The van der Waals surface area contributed by atoms with Crippen LogP contribution < -0.4 is 0 Å². The van der Waals surface area contributed by atoms with E-state index >= 15 is 0 Å². The van der Waals surface area contributed by atoms with Crippen molar-refractivity contribution in [2.45, 2.75) is 26.2 Å². The average molecular weight is 228 g/mol. The van der Waals surface area contributed by atoms with E-state index in [1.54, 1.807) is 6.07 Å². The van der Waals surface area contributed by atoms with Gasteiger partial charge in [0.2, 0.25) is 0 Å². The molecule has 0 aromatic heterocycles. The van der Waals surface area contributed by atoms with E-state index in [1.165, 1.54) is 6.07 Å². The van der Waals surface area contributed by atoms with E-state index in [1.807, 2.05) is 24.3 Å². The van der Waals surface area contributed by atoms with Gasteiger partial charge in [-0.25, -0.2) is 4.39 Å². The van der Waals surface area contributed by atoms with Crippen LogP contribution in [0.5, 0.6) is 0 Å². The van der Waals surface area contributed by atoms with Gasteiger partial charge < -0.3 is 0 Å². The molecule has 0 spiro atoms. The van der Waals surface area contributed by atoms with Crippen LogP contribution in [0.1, 0.15) is 26.3 Å². The Morgan fingerprint density at radius 1 is 0.882 bits per heavy atom. The van der Waals surface area contributed by atoms with Crippen LogP contribution in [0.25, 0.3) is 11.1 Å². The summed E-state index contributed by atoms with van der Waals surface area (Å²) in [5.74, 6) is -0.172. The van der Waals surface area contributed by atoms with Crippen LogP contribution in [0.3, 0.4) is 0 Å². The molecule has 0 saturated heterocycles. The second kappa shape index (κ2) is 4.33. The lowest BCUT2D eigenvalue weighted by atomic mass is 9.82. The first kappa shape index (κ1) is 11.8. The predicted molar refractivity (Wildman–Crippen MR) is 70.5 cm³/mol. The van der Waals surface area contributed by atoms with Gasteiger partial charge in [-0.2, -0.15) is 0 Å². The minimum absolute atomic E-state index is 0.0622. The van der Waals surface area contributed by atoms with E-state index in [2.05, 4.69) is 32.9 Å². The van der Waals surface area contributed by atoms with Crippen LogP contribution in [0.4, 0.5) is 4.39 Å². The van der Waals surface area contributed by atoms with Crippen molar-refractivity contribution in [2.24, 2.45) is 0 Å². The topological polar surface area (TPSA) is 0 Å². The predicted octanol–water partition coefficient (Wildman–Crippen LogP) is 4.79. The fraction of sp³-hybridized carbons (Fsp3) is 0.250. The zero-order valence-corrected chi connectivity index (χ0v) is 10.5. The molecule has 0 heterocycles. The van der Waals surface area contributed by atoms with Gasteiger partial charge in [0.1, 0.15) is 5.82 Å². The largest absolute Gasteiger partial charge is 0.207 e. The van der Waals surface area contributed by atoms with Crippen molar-refractivity contribution in [3.05, 3.63) is 59.9 Å². The van der Waals surface area contributed by atoms with Crippen molar-refractivity contribution in [3.8, 4) is 11.1 Å². The number of benzene rings is 2. The molecule has 0 saturated carbocycles. The van der Waals surface area contributed by atoms with Crippen LogP contribution >= 0.6 is 0 Å². The second-order valence-electron chi connectivity index (χ2n) is 5.31. The number of rotatable bonds is 1. The number of hydrogen-bond donors (Lipinski definition) is 0. The fourth-order valence-corrected chi connectivity index (χ4v) is 2.01. The average Bonchev–Trinajstić information content (AvgIpc) is 2.29. The van der Waals surface area contributed by atoms with E-state index in [-0.39, 0.29) is 11.2 Å². The molecular weight excluding hydrogens is 211 g/mol. The van der Waals surface area contributed by atoms with Crippen LogP contribution in [0.2, 0.25) is 0 Å². The summed E-state index contributed by atoms with van der Waals surface area (Å²) < 4.78 is 13.4. The fourth-order valence-electron chi connectivity index (χ4n) is 2.01. The first-order valence-corrected chi connectivity index (χ1v) is 5.84. The molecule has 1 heteroatoms. The van der Waals surface area contributed by atoms with Crippen molar-refractivity contribution in [2.75, 3.05) is 0 Å². The molecule has 0 radical (unpaired) electrons. The second-order valence-corrected chi connectivity index (χ2v) is 5.31. The lowest BCUT2D eigenvalue weighted by Gasteiger charge is -2.23. The zero-order valence-electron chi connectivity index (χ0n) is 10.5. The molecule has 0 amide bonds. The first-order valence-electron chi connectivity index (χ1n) is 5.84. The van der Waals surface area contributed by atoms with Crippen LogP contribution in [0.15, 0.2) is 48.5 Å². The standard InChI is InChI=1S/C16H17F/c1-16(2,3)15-11-13(17)9-10-14(15)12-7-5-4-6-8-12/h4-11H,1-3H3. The highest BCUT2D eigenvalue weighted by Gasteiger charge is 2.19. The Kier molecular flexibility index (Phi) is 3.01. The molecule has 0 aliphatic rings. The Balaban J connectivity index is 2.63. The summed E-state index contributed by atoms with van der Waals surface area (Å²) in [6.07, 6.45) is 0. The van der Waals surface area contributed by atoms with E-state index in [0.29, 0.717) is 0 Å². The minimum Gasteiger partial charge on any atom is -0.207 e. The van der Waals surface area contributed by atoms with Gasteiger partial charge in [0.05, 0.1) is 0 Å².